The fraction of sp³-hybridized carbons (Fsp3) is 0.188. The molecule has 124 valence electrons. The molecule has 2 aromatic heterocycles. The molecular weight excluding hydrogens is 323 g/mol. The average molecular weight is 335 g/mol. The van der Waals surface area contributed by atoms with Gasteiger partial charge in [-0.15, -0.1) is 0 Å². The maximum atomic E-state index is 14.2. The van der Waals surface area contributed by atoms with E-state index in [4.69, 9.17) is 4.42 Å². The van der Waals surface area contributed by atoms with Gasteiger partial charge in [-0.1, -0.05) is 18.2 Å². The lowest BCUT2D eigenvalue weighted by atomic mass is 10.0. The Morgan fingerprint density at radius 3 is 2.62 bits per heavy atom. The van der Waals surface area contributed by atoms with Gasteiger partial charge in [0.1, 0.15) is 18.0 Å². The van der Waals surface area contributed by atoms with Crippen molar-refractivity contribution in [1.29, 1.82) is 0 Å². The summed E-state index contributed by atoms with van der Waals surface area (Å²) < 4.78 is 44.8. The van der Waals surface area contributed by atoms with Crippen LogP contribution in [0.5, 0.6) is 0 Å². The highest BCUT2D eigenvalue weighted by molar-refractivity contribution is 5.84. The number of halogens is 3. The van der Waals surface area contributed by atoms with Crippen molar-refractivity contribution in [3.05, 3.63) is 64.0 Å². The lowest BCUT2D eigenvalue weighted by Gasteiger charge is -2.17. The zero-order valence-electron chi connectivity index (χ0n) is 12.5. The van der Waals surface area contributed by atoms with Gasteiger partial charge in [-0.25, -0.2) is 27.9 Å². The molecule has 5 nitrogen and oxygen atoms in total. The van der Waals surface area contributed by atoms with Gasteiger partial charge in [0.25, 0.3) is 6.43 Å². The lowest BCUT2D eigenvalue weighted by molar-refractivity contribution is 0.146. The summed E-state index contributed by atoms with van der Waals surface area (Å²) in [5.74, 6) is -0.657. The molecule has 0 bridgehead atoms. The van der Waals surface area contributed by atoms with Crippen molar-refractivity contribution in [1.82, 2.24) is 9.97 Å². The highest BCUT2D eigenvalue weighted by Gasteiger charge is 2.20. The highest BCUT2D eigenvalue weighted by atomic mass is 19.3. The standard InChI is InChI=1S/C16H12F3N3O2/c1-8(9-3-2-4-10(13(9)17)14(18)19)22-15-11-5-6-12(23)24-16(11)21-7-20-15/h2-8,14H,1H3,(H,20,21,22)/t8-/m1/s1. The largest absolute Gasteiger partial charge is 0.403 e. The molecule has 1 atom stereocenters. The highest BCUT2D eigenvalue weighted by Crippen LogP contribution is 2.29. The second kappa shape index (κ2) is 6.31. The van der Waals surface area contributed by atoms with Crippen molar-refractivity contribution in [3.63, 3.8) is 0 Å². The van der Waals surface area contributed by atoms with Crippen molar-refractivity contribution in [2.45, 2.75) is 19.4 Å². The topological polar surface area (TPSA) is 68.0 Å². The quantitative estimate of drug-likeness (QED) is 0.785. The Hall–Kier alpha value is -2.90. The zero-order valence-corrected chi connectivity index (χ0v) is 12.5. The third-order valence-corrected chi connectivity index (χ3v) is 3.54. The number of fused-ring (bicyclic) bond motifs is 1. The Bertz CT molecular complexity index is 943. The first-order valence-corrected chi connectivity index (χ1v) is 7.05. The fourth-order valence-corrected chi connectivity index (χ4v) is 2.36. The van der Waals surface area contributed by atoms with Crippen LogP contribution in [0.3, 0.4) is 0 Å². The molecule has 0 aliphatic heterocycles. The molecule has 2 heterocycles. The van der Waals surface area contributed by atoms with Gasteiger partial charge in [0, 0.05) is 11.6 Å². The number of benzene rings is 1. The summed E-state index contributed by atoms with van der Waals surface area (Å²) in [6.07, 6.45) is -1.71. The Kier molecular flexibility index (Phi) is 4.20. The molecule has 0 aliphatic rings. The third kappa shape index (κ3) is 2.94. The summed E-state index contributed by atoms with van der Waals surface area (Å²) in [6, 6.07) is 5.87. The Balaban J connectivity index is 1.98. The van der Waals surface area contributed by atoms with Gasteiger partial charge in [-0.2, -0.15) is 0 Å². The number of hydrogen-bond acceptors (Lipinski definition) is 5. The zero-order chi connectivity index (χ0) is 17.3. The number of rotatable bonds is 4. The Morgan fingerprint density at radius 1 is 1.12 bits per heavy atom. The minimum absolute atomic E-state index is 0.0778. The number of aromatic nitrogens is 2. The first kappa shape index (κ1) is 16.0. The van der Waals surface area contributed by atoms with Crippen molar-refractivity contribution < 1.29 is 17.6 Å². The van der Waals surface area contributed by atoms with Crippen LogP contribution in [0, 0.1) is 5.82 Å². The number of anilines is 1. The minimum atomic E-state index is -2.90. The monoisotopic (exact) mass is 335 g/mol. The number of nitrogens with one attached hydrogen (secondary N) is 1. The predicted octanol–water partition coefficient (Wildman–Crippen LogP) is 3.83. The van der Waals surface area contributed by atoms with Crippen molar-refractivity contribution >= 4 is 16.9 Å². The van der Waals surface area contributed by atoms with E-state index in [0.717, 1.165) is 6.07 Å². The molecule has 0 fully saturated rings. The molecule has 0 saturated heterocycles. The van der Waals surface area contributed by atoms with Gasteiger partial charge < -0.3 is 9.73 Å². The van der Waals surface area contributed by atoms with E-state index in [0.29, 0.717) is 11.2 Å². The molecule has 24 heavy (non-hydrogen) atoms. The molecule has 1 aromatic carbocycles. The summed E-state index contributed by atoms with van der Waals surface area (Å²) in [5.41, 5.74) is -1.05. The molecule has 0 saturated carbocycles. The normalized spacial score (nSPS) is 12.5. The van der Waals surface area contributed by atoms with E-state index in [1.807, 2.05) is 0 Å². The summed E-state index contributed by atoms with van der Waals surface area (Å²) in [7, 11) is 0. The van der Waals surface area contributed by atoms with Crippen LogP contribution in [0.25, 0.3) is 11.1 Å². The van der Waals surface area contributed by atoms with Gasteiger partial charge in [-0.05, 0) is 13.0 Å². The molecule has 3 rings (SSSR count). The first-order chi connectivity index (χ1) is 11.5. The molecule has 0 radical (unpaired) electrons. The molecule has 8 heteroatoms. The van der Waals surface area contributed by atoms with E-state index in [9.17, 15) is 18.0 Å². The summed E-state index contributed by atoms with van der Waals surface area (Å²) in [5, 5.41) is 3.35. The first-order valence-electron chi connectivity index (χ1n) is 7.05. The molecular formula is C16H12F3N3O2. The second-order valence-electron chi connectivity index (χ2n) is 5.11. The number of nitrogens with zero attached hydrogens (tertiary/aromatic N) is 2. The maximum Gasteiger partial charge on any atom is 0.337 e. The van der Waals surface area contributed by atoms with Crippen LogP contribution in [0.4, 0.5) is 19.0 Å². The van der Waals surface area contributed by atoms with E-state index >= 15 is 0 Å². The van der Waals surface area contributed by atoms with Gasteiger partial charge in [-0.3, -0.25) is 0 Å². The SMILES string of the molecule is C[C@@H](Nc1ncnc2oc(=O)ccc12)c1cccc(C(F)F)c1F. The molecule has 0 spiro atoms. The van der Waals surface area contributed by atoms with Crippen molar-refractivity contribution in [2.75, 3.05) is 5.32 Å². The molecule has 0 aliphatic carbocycles. The van der Waals surface area contributed by atoms with Crippen LogP contribution in [0.2, 0.25) is 0 Å². The summed E-state index contributed by atoms with van der Waals surface area (Å²) in [6.45, 7) is 1.61. The van der Waals surface area contributed by atoms with E-state index in [1.165, 1.54) is 30.6 Å². The van der Waals surface area contributed by atoms with Crippen molar-refractivity contribution in [2.24, 2.45) is 0 Å². The average Bonchev–Trinajstić information content (AvgIpc) is 2.54. The molecule has 3 aromatic rings. The maximum absolute atomic E-state index is 14.2. The van der Waals surface area contributed by atoms with Crippen LogP contribution in [0.1, 0.15) is 30.5 Å². The van der Waals surface area contributed by atoms with Crippen LogP contribution in [-0.4, -0.2) is 9.97 Å². The summed E-state index contributed by atoms with van der Waals surface area (Å²) in [4.78, 5) is 19.1. The smallest absolute Gasteiger partial charge is 0.337 e. The molecule has 1 N–H and O–H groups in total. The summed E-state index contributed by atoms with van der Waals surface area (Å²) >= 11 is 0. The third-order valence-electron chi connectivity index (χ3n) is 3.54. The minimum Gasteiger partial charge on any atom is -0.403 e. The van der Waals surface area contributed by atoms with Crippen LogP contribution in [0.15, 0.2) is 45.9 Å². The Labute approximate surface area is 134 Å². The number of hydrogen-bond donors (Lipinski definition) is 1. The number of alkyl halides is 2. The van der Waals surface area contributed by atoms with Crippen LogP contribution < -0.4 is 10.9 Å². The van der Waals surface area contributed by atoms with Crippen molar-refractivity contribution in [3.8, 4) is 0 Å². The van der Waals surface area contributed by atoms with Gasteiger partial charge in [0.2, 0.25) is 5.71 Å². The van der Waals surface area contributed by atoms with E-state index in [-0.39, 0.29) is 11.3 Å². The van der Waals surface area contributed by atoms with Crippen LogP contribution in [-0.2, 0) is 0 Å². The van der Waals surface area contributed by atoms with E-state index in [2.05, 4.69) is 15.3 Å². The fourth-order valence-electron chi connectivity index (χ4n) is 2.36. The van der Waals surface area contributed by atoms with Gasteiger partial charge in [0.15, 0.2) is 0 Å². The van der Waals surface area contributed by atoms with Gasteiger partial charge in [0.05, 0.1) is 17.0 Å². The van der Waals surface area contributed by atoms with E-state index < -0.39 is 29.5 Å². The van der Waals surface area contributed by atoms with Gasteiger partial charge >= 0.3 is 5.63 Å². The Morgan fingerprint density at radius 2 is 1.88 bits per heavy atom. The predicted molar refractivity (Wildman–Crippen MR) is 81.5 cm³/mol. The van der Waals surface area contributed by atoms with E-state index in [1.54, 1.807) is 6.92 Å². The van der Waals surface area contributed by atoms with Crippen LogP contribution >= 0.6 is 0 Å². The molecule has 0 unspecified atom stereocenters. The molecule has 0 amide bonds. The lowest BCUT2D eigenvalue weighted by Crippen LogP contribution is -2.12. The second-order valence-corrected chi connectivity index (χ2v) is 5.11.